The van der Waals surface area contributed by atoms with Crippen molar-refractivity contribution in [2.45, 2.75) is 57.2 Å². The van der Waals surface area contributed by atoms with Gasteiger partial charge in [0.1, 0.15) is 12.0 Å². The van der Waals surface area contributed by atoms with Gasteiger partial charge < -0.3 is 9.64 Å². The number of hydrogen-bond donors (Lipinski definition) is 0. The molecule has 2 saturated heterocycles. The van der Waals surface area contributed by atoms with Crippen LogP contribution in [0.2, 0.25) is 0 Å². The molecule has 0 amide bonds. The number of Topliss-reactive ketones (excluding diaryl/α,β-unsaturated/α-hetero) is 1. The molecule has 1 atom stereocenters. The number of carbonyl (C=O) groups is 1. The minimum atomic E-state index is -0.649. The number of hydrogen-bond acceptors (Lipinski definition) is 5. The number of nitrogens with zero attached hydrogens (tertiary/aromatic N) is 3. The molecule has 2 fully saturated rings. The number of imidazole rings is 1. The van der Waals surface area contributed by atoms with Crippen molar-refractivity contribution in [3.63, 3.8) is 0 Å². The average molecular weight is 524 g/mol. The van der Waals surface area contributed by atoms with E-state index in [4.69, 9.17) is 4.74 Å². The summed E-state index contributed by atoms with van der Waals surface area (Å²) in [5.74, 6) is -0.146. The predicted octanol–water partition coefficient (Wildman–Crippen LogP) is 6.99. The molecule has 0 spiro atoms. The third kappa shape index (κ3) is 5.19. The van der Waals surface area contributed by atoms with Gasteiger partial charge in [-0.05, 0) is 81.0 Å². The van der Waals surface area contributed by atoms with E-state index in [9.17, 15) is 13.6 Å². The Morgan fingerprint density at radius 2 is 1.97 bits per heavy atom. The molecule has 0 radical (unpaired) electrons. The zero-order valence-corrected chi connectivity index (χ0v) is 21.6. The van der Waals surface area contributed by atoms with Crippen LogP contribution in [0.4, 0.5) is 8.78 Å². The van der Waals surface area contributed by atoms with E-state index >= 15 is 0 Å². The lowest BCUT2D eigenvalue weighted by Crippen LogP contribution is -2.35. The molecule has 8 heteroatoms. The summed E-state index contributed by atoms with van der Waals surface area (Å²) >= 11 is 1.51. The number of unbranched alkanes of at least 4 members (excludes halogenated alkanes) is 1. The summed E-state index contributed by atoms with van der Waals surface area (Å²) in [6.45, 7) is 3.30. The van der Waals surface area contributed by atoms with E-state index < -0.39 is 6.17 Å². The Bertz CT molecular complexity index is 1420. The van der Waals surface area contributed by atoms with Crippen LogP contribution in [-0.4, -0.2) is 52.5 Å². The molecule has 2 aromatic heterocycles. The molecule has 2 aromatic carbocycles. The van der Waals surface area contributed by atoms with E-state index in [2.05, 4.69) is 9.88 Å². The number of aromatic nitrogens is 2. The van der Waals surface area contributed by atoms with Crippen LogP contribution in [0.1, 0.15) is 67.0 Å². The van der Waals surface area contributed by atoms with E-state index in [0.29, 0.717) is 36.1 Å². The molecular weight excluding hydrogens is 492 g/mol. The lowest BCUT2D eigenvalue weighted by Gasteiger charge is -2.28. The van der Waals surface area contributed by atoms with Crippen molar-refractivity contribution >= 4 is 32.3 Å². The maximum atomic E-state index is 15.0. The third-order valence-corrected chi connectivity index (χ3v) is 8.65. The van der Waals surface area contributed by atoms with Crippen LogP contribution in [0.25, 0.3) is 26.4 Å². The Hall–Kier alpha value is -2.68. The smallest absolute Gasteiger partial charge is 0.195 e. The third-order valence-electron chi connectivity index (χ3n) is 7.63. The number of ketones is 1. The highest BCUT2D eigenvalue weighted by molar-refractivity contribution is 7.23. The van der Waals surface area contributed by atoms with Gasteiger partial charge in [-0.2, -0.15) is 0 Å². The second-order valence-corrected chi connectivity index (χ2v) is 11.2. The summed E-state index contributed by atoms with van der Waals surface area (Å²) < 4.78 is 36.9. The topological polar surface area (TPSA) is 46.8 Å². The normalized spacial score (nSPS) is 19.4. The average Bonchev–Trinajstić information content (AvgIpc) is 3.64. The van der Waals surface area contributed by atoms with E-state index in [0.717, 1.165) is 72.7 Å². The van der Waals surface area contributed by atoms with Crippen LogP contribution < -0.4 is 0 Å². The molecule has 2 aliphatic rings. The van der Waals surface area contributed by atoms with Crippen molar-refractivity contribution in [1.29, 1.82) is 0 Å². The molecule has 0 aliphatic carbocycles. The van der Waals surface area contributed by atoms with Crippen molar-refractivity contribution in [3.05, 3.63) is 59.5 Å². The second kappa shape index (κ2) is 10.6. The van der Waals surface area contributed by atoms with Crippen LogP contribution >= 0.6 is 11.3 Å². The van der Waals surface area contributed by atoms with Gasteiger partial charge in [0, 0.05) is 43.4 Å². The molecule has 5 nitrogen and oxygen atoms in total. The van der Waals surface area contributed by atoms with Gasteiger partial charge in [-0.1, -0.05) is 17.4 Å². The number of carbonyl (C=O) groups excluding carboxylic acids is 1. The first-order valence-corrected chi connectivity index (χ1v) is 14.1. The second-order valence-electron chi connectivity index (χ2n) is 10.2. The van der Waals surface area contributed by atoms with E-state index in [-0.39, 0.29) is 17.7 Å². The van der Waals surface area contributed by atoms with Crippen molar-refractivity contribution < 1.29 is 18.3 Å². The molecule has 37 heavy (non-hydrogen) atoms. The number of benzene rings is 2. The van der Waals surface area contributed by atoms with Crippen molar-refractivity contribution in [2.75, 3.05) is 26.2 Å². The van der Waals surface area contributed by atoms with Crippen LogP contribution in [0, 0.1) is 5.82 Å². The summed E-state index contributed by atoms with van der Waals surface area (Å²) in [6.07, 6.45) is 6.68. The van der Waals surface area contributed by atoms with Crippen LogP contribution in [-0.2, 0) is 4.74 Å². The van der Waals surface area contributed by atoms with Crippen LogP contribution in [0.15, 0.2) is 42.6 Å². The number of likely N-dealkylation sites (tertiary alicyclic amines) is 1. The summed E-state index contributed by atoms with van der Waals surface area (Å²) in [4.78, 5) is 20.6. The number of alkyl halides is 1. The van der Waals surface area contributed by atoms with Crippen molar-refractivity contribution in [3.8, 4) is 11.3 Å². The molecular formula is C29H31F2N3O2S. The van der Waals surface area contributed by atoms with Crippen molar-refractivity contribution in [2.24, 2.45) is 0 Å². The minimum absolute atomic E-state index is 0.0184. The highest BCUT2D eigenvalue weighted by Gasteiger charge is 2.21. The van der Waals surface area contributed by atoms with Crippen LogP contribution in [0.5, 0.6) is 0 Å². The molecule has 194 valence electrons. The molecule has 0 bridgehead atoms. The molecule has 6 rings (SSSR count). The minimum Gasteiger partial charge on any atom is -0.374 e. The molecule has 4 heterocycles. The zero-order valence-electron chi connectivity index (χ0n) is 20.8. The van der Waals surface area contributed by atoms with Gasteiger partial charge >= 0.3 is 0 Å². The van der Waals surface area contributed by atoms with Gasteiger partial charge in [-0.15, -0.1) is 0 Å². The Morgan fingerprint density at radius 1 is 1.11 bits per heavy atom. The fraction of sp³-hybridized carbons (Fsp3) is 0.448. The SMILES string of the molecule is O=C(CCCCN1CCC(F)CC1)c1ccc2c(c1)sc1nc(-c3ccc([C@@H]4CCCO4)cc3F)cn12. The van der Waals surface area contributed by atoms with Gasteiger partial charge in [-0.3, -0.25) is 9.20 Å². The van der Waals surface area contributed by atoms with Crippen molar-refractivity contribution in [1.82, 2.24) is 14.3 Å². The summed E-state index contributed by atoms with van der Waals surface area (Å²) in [7, 11) is 0. The quantitative estimate of drug-likeness (QED) is 0.184. The van der Waals surface area contributed by atoms with Gasteiger partial charge in [-0.25, -0.2) is 13.8 Å². The lowest BCUT2D eigenvalue weighted by atomic mass is 10.0. The van der Waals surface area contributed by atoms with E-state index in [1.807, 2.05) is 34.9 Å². The maximum absolute atomic E-state index is 15.0. The number of rotatable bonds is 8. The Balaban J connectivity index is 1.12. The van der Waals surface area contributed by atoms with E-state index in [1.165, 1.54) is 11.3 Å². The Labute approximate surface area is 219 Å². The first-order chi connectivity index (χ1) is 18.0. The standard InChI is InChI=1S/C29H31F2N3O2S/c30-21-10-13-33(14-11-21)12-2-1-4-26(35)19-7-9-25-28(17-19)37-29-32-24(18-34(25)29)22-8-6-20(16-23(22)31)27-5-3-15-36-27/h6-9,16-18,21,27H,1-5,10-15H2/t27-/m0/s1. The molecule has 0 saturated carbocycles. The Kier molecular flexibility index (Phi) is 7.06. The fourth-order valence-corrected chi connectivity index (χ4v) is 6.52. The van der Waals surface area contributed by atoms with Gasteiger partial charge in [0.05, 0.1) is 22.0 Å². The fourth-order valence-electron chi connectivity index (χ4n) is 5.47. The number of thiazole rings is 1. The molecule has 2 aliphatic heterocycles. The molecule has 0 unspecified atom stereocenters. The first-order valence-electron chi connectivity index (χ1n) is 13.3. The number of ether oxygens (including phenoxy) is 1. The lowest BCUT2D eigenvalue weighted by molar-refractivity contribution is 0.0976. The molecule has 4 aromatic rings. The highest BCUT2D eigenvalue weighted by atomic mass is 32.1. The first kappa shape index (κ1) is 24.6. The summed E-state index contributed by atoms with van der Waals surface area (Å²) in [5, 5.41) is 0. The van der Waals surface area contributed by atoms with E-state index in [1.54, 1.807) is 12.1 Å². The number of fused-ring (bicyclic) bond motifs is 3. The largest absolute Gasteiger partial charge is 0.374 e. The zero-order chi connectivity index (χ0) is 25.4. The molecule has 0 N–H and O–H groups in total. The van der Waals surface area contributed by atoms with Crippen LogP contribution in [0.3, 0.4) is 0 Å². The number of piperidine rings is 1. The van der Waals surface area contributed by atoms with Gasteiger partial charge in [0.25, 0.3) is 0 Å². The maximum Gasteiger partial charge on any atom is 0.195 e. The number of halogens is 2. The summed E-state index contributed by atoms with van der Waals surface area (Å²) in [6, 6.07) is 11.1. The highest BCUT2D eigenvalue weighted by Crippen LogP contribution is 2.34. The predicted molar refractivity (Wildman–Crippen MR) is 143 cm³/mol. The monoisotopic (exact) mass is 523 g/mol. The summed E-state index contributed by atoms with van der Waals surface area (Å²) in [5.41, 5.74) is 3.63. The van der Waals surface area contributed by atoms with Gasteiger partial charge in [0.2, 0.25) is 0 Å². The van der Waals surface area contributed by atoms with Gasteiger partial charge in [0.15, 0.2) is 10.7 Å². The Morgan fingerprint density at radius 3 is 2.76 bits per heavy atom.